The number of aliphatic hydroxyl groups is 5. The van der Waals surface area contributed by atoms with Gasteiger partial charge in [-0.2, -0.15) is 0 Å². The van der Waals surface area contributed by atoms with E-state index in [1.54, 1.807) is 6.08 Å². The van der Waals surface area contributed by atoms with Crippen LogP contribution in [0.3, 0.4) is 0 Å². The second kappa shape index (κ2) is 56.5. The van der Waals surface area contributed by atoms with Gasteiger partial charge in [0.1, 0.15) is 24.4 Å². The lowest BCUT2D eigenvalue weighted by Crippen LogP contribution is -2.61. The molecule has 1 amide bonds. The Morgan fingerprint density at radius 3 is 1.36 bits per heavy atom. The fourth-order valence-corrected chi connectivity index (χ4v) is 9.26. The Morgan fingerprint density at radius 2 is 0.889 bits per heavy atom. The predicted molar refractivity (Wildman–Crippen MR) is 338 cm³/mol. The monoisotopic (exact) mass is 1130 g/mol. The van der Waals surface area contributed by atoms with Crippen LogP contribution in [0.25, 0.3) is 0 Å². The number of unbranched alkanes of at least 4 members (excludes halogenated alkanes) is 21. The van der Waals surface area contributed by atoms with Crippen LogP contribution in [0.5, 0.6) is 0 Å². The quantitative estimate of drug-likeness (QED) is 0.0195. The summed E-state index contributed by atoms with van der Waals surface area (Å²) < 4.78 is 17.6. The highest BCUT2D eigenvalue weighted by Crippen LogP contribution is 2.26. The zero-order chi connectivity index (χ0) is 58.9. The van der Waals surface area contributed by atoms with Gasteiger partial charge in [-0.05, 0) is 109 Å². The Balaban J connectivity index is 2.64. The van der Waals surface area contributed by atoms with Crippen LogP contribution in [-0.2, 0) is 23.8 Å². The molecule has 11 nitrogen and oxygen atoms in total. The summed E-state index contributed by atoms with van der Waals surface area (Å²) in [5, 5.41) is 56.9. The molecule has 81 heavy (non-hydrogen) atoms. The molecular formula is C70H117NO10. The number of carbonyl (C=O) groups is 2. The Labute approximate surface area is 493 Å². The summed E-state index contributed by atoms with van der Waals surface area (Å²) >= 11 is 0. The van der Waals surface area contributed by atoms with E-state index in [4.69, 9.17) is 14.2 Å². The Kier molecular flexibility index (Phi) is 52.4. The van der Waals surface area contributed by atoms with Crippen molar-refractivity contribution < 1.29 is 49.3 Å². The van der Waals surface area contributed by atoms with Crippen molar-refractivity contribution in [1.82, 2.24) is 5.32 Å². The highest BCUT2D eigenvalue weighted by molar-refractivity contribution is 5.80. The Morgan fingerprint density at radius 1 is 0.494 bits per heavy atom. The molecule has 0 spiro atoms. The number of rotatable bonds is 53. The summed E-state index contributed by atoms with van der Waals surface area (Å²) in [6, 6.07) is -1.06. The SMILES string of the molecule is CC/C=C\C/C=C\C/C=C\C/C=C\C/C=C\CCCCCCCCCCCC(=O)OC1C(OCC(NC(=O)C(O)CC/C=C\C/C=C\C/C=C\C/C=C\CCCCC)C(O)/C=C/CCCCCCCCCCC)OC(CO)C(O)C1O. The van der Waals surface area contributed by atoms with E-state index in [-0.39, 0.29) is 19.4 Å². The first-order valence-electron chi connectivity index (χ1n) is 32.3. The van der Waals surface area contributed by atoms with Crippen LogP contribution in [0.15, 0.2) is 122 Å². The van der Waals surface area contributed by atoms with E-state index in [2.05, 4.69) is 123 Å². The fourth-order valence-electron chi connectivity index (χ4n) is 9.26. The van der Waals surface area contributed by atoms with Crippen LogP contribution in [0.1, 0.15) is 245 Å². The van der Waals surface area contributed by atoms with Gasteiger partial charge in [-0.1, -0.05) is 251 Å². The molecule has 8 atom stereocenters. The number of esters is 1. The zero-order valence-electron chi connectivity index (χ0n) is 51.1. The molecule has 462 valence electrons. The maximum absolute atomic E-state index is 13.4. The fraction of sp³-hybridized carbons (Fsp3) is 0.686. The van der Waals surface area contributed by atoms with Gasteiger partial charge in [-0.15, -0.1) is 0 Å². The van der Waals surface area contributed by atoms with Crippen molar-refractivity contribution in [2.45, 2.75) is 294 Å². The van der Waals surface area contributed by atoms with E-state index in [0.717, 1.165) is 116 Å². The summed E-state index contributed by atoms with van der Waals surface area (Å²) in [4.78, 5) is 26.5. The molecule has 1 fully saturated rings. The lowest BCUT2D eigenvalue weighted by molar-refractivity contribution is -0.305. The standard InChI is InChI=1S/C70H117NO10/c1-4-7-10-13-16-19-22-24-26-28-29-30-31-32-33-34-35-36-38-40-43-46-49-52-55-58-65(75)81-68-67(77)66(76)64(59-72)80-70(68)79-60-61(62(73)56-53-50-47-44-41-21-18-15-12-9-6-3)71-69(78)63(74)57-54-51-48-45-42-39-37-27-25-23-20-17-14-11-8-5-2/h7,10,16-17,19-20,24-27,29-30,32-33,39,42,48,51,53,56,61-64,66-68,70,72-74,76-77H,4-6,8-9,11-15,18,21-23,28,31,34-38,40-41,43-47,49-50,52,54-55,57-60H2,1-3H3,(H,71,78)/b10-7-,19-16-,20-17-,26-24-,27-25-,30-29-,33-32-,42-39-,51-48-,56-53+. The van der Waals surface area contributed by atoms with E-state index in [1.807, 2.05) is 18.2 Å². The van der Waals surface area contributed by atoms with E-state index in [1.165, 1.54) is 83.5 Å². The molecule has 0 aliphatic carbocycles. The number of aliphatic hydroxyl groups excluding tert-OH is 5. The molecule has 0 bridgehead atoms. The molecule has 1 heterocycles. The van der Waals surface area contributed by atoms with Crippen LogP contribution < -0.4 is 5.32 Å². The van der Waals surface area contributed by atoms with Gasteiger partial charge in [-0.3, -0.25) is 9.59 Å². The molecule has 1 aliphatic rings. The number of amides is 1. The second-order valence-corrected chi connectivity index (χ2v) is 21.8. The predicted octanol–water partition coefficient (Wildman–Crippen LogP) is 15.8. The molecule has 1 saturated heterocycles. The molecule has 8 unspecified atom stereocenters. The Hall–Kier alpha value is -3.94. The molecule has 1 aliphatic heterocycles. The van der Waals surface area contributed by atoms with Gasteiger partial charge in [0.05, 0.1) is 25.4 Å². The van der Waals surface area contributed by atoms with Gasteiger partial charge in [0.15, 0.2) is 12.4 Å². The van der Waals surface area contributed by atoms with Crippen LogP contribution in [-0.4, -0.2) is 99.6 Å². The van der Waals surface area contributed by atoms with Crippen molar-refractivity contribution >= 4 is 11.9 Å². The summed E-state index contributed by atoms with van der Waals surface area (Å²) in [7, 11) is 0. The third-order valence-electron chi connectivity index (χ3n) is 14.4. The topological polar surface area (TPSA) is 175 Å². The average Bonchev–Trinajstić information content (AvgIpc) is 3.52. The van der Waals surface area contributed by atoms with Gasteiger partial charge < -0.3 is 45.1 Å². The molecule has 11 heteroatoms. The highest BCUT2D eigenvalue weighted by atomic mass is 16.7. The minimum atomic E-state index is -1.63. The van der Waals surface area contributed by atoms with Crippen molar-refractivity contribution in [1.29, 1.82) is 0 Å². The highest BCUT2D eigenvalue weighted by Gasteiger charge is 2.47. The van der Waals surface area contributed by atoms with Crippen LogP contribution >= 0.6 is 0 Å². The molecule has 0 aromatic carbocycles. The number of allylic oxidation sites excluding steroid dienone is 19. The van der Waals surface area contributed by atoms with E-state index in [9.17, 15) is 35.1 Å². The van der Waals surface area contributed by atoms with E-state index < -0.39 is 67.4 Å². The smallest absolute Gasteiger partial charge is 0.306 e. The van der Waals surface area contributed by atoms with Crippen molar-refractivity contribution in [3.63, 3.8) is 0 Å². The first-order valence-corrected chi connectivity index (χ1v) is 32.3. The second-order valence-electron chi connectivity index (χ2n) is 21.8. The normalized spacial score (nSPS) is 19.5. The molecule has 0 aromatic rings. The first kappa shape index (κ1) is 75.1. The molecular weight excluding hydrogens is 1010 g/mol. The maximum Gasteiger partial charge on any atom is 0.306 e. The summed E-state index contributed by atoms with van der Waals surface area (Å²) in [6.07, 6.45) is 68.2. The Bertz CT molecular complexity index is 1780. The van der Waals surface area contributed by atoms with Gasteiger partial charge >= 0.3 is 5.97 Å². The lowest BCUT2D eigenvalue weighted by Gasteiger charge is -2.41. The summed E-state index contributed by atoms with van der Waals surface area (Å²) in [5.74, 6) is -1.27. The number of carbonyl (C=O) groups excluding carboxylic acids is 2. The summed E-state index contributed by atoms with van der Waals surface area (Å²) in [6.45, 7) is 5.59. The van der Waals surface area contributed by atoms with Crippen molar-refractivity contribution in [2.75, 3.05) is 13.2 Å². The molecule has 1 rings (SSSR count). The van der Waals surface area contributed by atoms with Crippen LogP contribution in [0.2, 0.25) is 0 Å². The molecule has 0 aromatic heterocycles. The van der Waals surface area contributed by atoms with Crippen molar-refractivity contribution in [3.05, 3.63) is 122 Å². The zero-order valence-corrected chi connectivity index (χ0v) is 51.1. The number of hydrogen-bond acceptors (Lipinski definition) is 10. The first-order chi connectivity index (χ1) is 39.7. The lowest BCUT2D eigenvalue weighted by atomic mass is 9.99. The van der Waals surface area contributed by atoms with Crippen LogP contribution in [0.4, 0.5) is 0 Å². The van der Waals surface area contributed by atoms with Gasteiger partial charge in [0.25, 0.3) is 0 Å². The third-order valence-corrected chi connectivity index (χ3v) is 14.4. The number of nitrogens with one attached hydrogen (secondary N) is 1. The molecule has 0 radical (unpaired) electrons. The van der Waals surface area contributed by atoms with Crippen molar-refractivity contribution in [3.8, 4) is 0 Å². The number of hydrogen-bond donors (Lipinski definition) is 6. The minimum Gasteiger partial charge on any atom is -0.454 e. The van der Waals surface area contributed by atoms with Crippen LogP contribution in [0, 0.1) is 0 Å². The molecule has 6 N–H and O–H groups in total. The van der Waals surface area contributed by atoms with Crippen molar-refractivity contribution in [2.24, 2.45) is 0 Å². The van der Waals surface area contributed by atoms with Gasteiger partial charge in [-0.25, -0.2) is 0 Å². The molecule has 0 saturated carbocycles. The maximum atomic E-state index is 13.4. The summed E-state index contributed by atoms with van der Waals surface area (Å²) in [5.41, 5.74) is 0. The van der Waals surface area contributed by atoms with E-state index in [0.29, 0.717) is 12.8 Å². The largest absolute Gasteiger partial charge is 0.454 e. The average molecular weight is 1130 g/mol. The van der Waals surface area contributed by atoms with E-state index >= 15 is 0 Å². The minimum absolute atomic E-state index is 0.103. The van der Waals surface area contributed by atoms with Gasteiger partial charge in [0, 0.05) is 6.42 Å². The number of ether oxygens (including phenoxy) is 3. The third kappa shape index (κ3) is 44.3. The van der Waals surface area contributed by atoms with Gasteiger partial charge in [0.2, 0.25) is 5.91 Å².